The highest BCUT2D eigenvalue weighted by molar-refractivity contribution is 6.05. The van der Waals surface area contributed by atoms with Crippen molar-refractivity contribution in [3.8, 4) is 0 Å². The summed E-state index contributed by atoms with van der Waals surface area (Å²) in [5.41, 5.74) is 2.94. The van der Waals surface area contributed by atoms with Crippen LogP contribution in [-0.2, 0) is 11.3 Å². The van der Waals surface area contributed by atoms with E-state index in [2.05, 4.69) is 20.5 Å². The molecule has 1 fully saturated rings. The van der Waals surface area contributed by atoms with Gasteiger partial charge in [0.25, 0.3) is 5.91 Å². The minimum Gasteiger partial charge on any atom is -0.354 e. The van der Waals surface area contributed by atoms with Gasteiger partial charge in [-0.05, 0) is 30.5 Å². The Hall–Kier alpha value is -3.63. The Morgan fingerprint density at radius 2 is 2.12 bits per heavy atom. The standard InChI is InChI=1S/C21H19F3N6O2/c22-21(23,24)16-5-2-6-30(16)17(31)11-29-10-12-3-1-4-15(18(12)20(29)32)27-14-7-13-8-26-28-19(13)25-9-14/h1,3-4,7-9,16,27H,2,5-6,10-11H2,(H,25,26,28)/t16-/m0/s1. The van der Waals surface area contributed by atoms with Crippen molar-refractivity contribution >= 4 is 34.2 Å². The maximum atomic E-state index is 13.2. The molecule has 4 heterocycles. The number of nitrogens with one attached hydrogen (secondary N) is 2. The third kappa shape index (κ3) is 3.53. The van der Waals surface area contributed by atoms with Crippen molar-refractivity contribution in [2.75, 3.05) is 18.4 Å². The van der Waals surface area contributed by atoms with Gasteiger partial charge in [0, 0.05) is 18.5 Å². The highest BCUT2D eigenvalue weighted by Crippen LogP contribution is 2.34. The van der Waals surface area contributed by atoms with Crippen molar-refractivity contribution in [1.82, 2.24) is 25.0 Å². The van der Waals surface area contributed by atoms with E-state index in [0.717, 1.165) is 10.3 Å². The van der Waals surface area contributed by atoms with Crippen LogP contribution in [0.3, 0.4) is 0 Å². The Bertz CT molecular complexity index is 1210. The van der Waals surface area contributed by atoms with Crippen LogP contribution in [0.4, 0.5) is 24.5 Å². The second-order valence-corrected chi connectivity index (χ2v) is 7.94. The quantitative estimate of drug-likeness (QED) is 0.645. The van der Waals surface area contributed by atoms with E-state index in [1.165, 1.54) is 4.90 Å². The van der Waals surface area contributed by atoms with Gasteiger partial charge in [0.2, 0.25) is 5.91 Å². The van der Waals surface area contributed by atoms with Gasteiger partial charge in [0.05, 0.1) is 29.3 Å². The summed E-state index contributed by atoms with van der Waals surface area (Å²) < 4.78 is 39.7. The zero-order valence-electron chi connectivity index (χ0n) is 16.8. The number of rotatable bonds is 4. The van der Waals surface area contributed by atoms with Crippen molar-refractivity contribution < 1.29 is 22.8 Å². The van der Waals surface area contributed by atoms with E-state index < -0.39 is 24.0 Å². The number of carbonyl (C=O) groups excluding carboxylic acids is 2. The number of alkyl halides is 3. The number of anilines is 2. The number of H-pyrrole nitrogens is 1. The van der Waals surface area contributed by atoms with Crippen LogP contribution in [0.2, 0.25) is 0 Å². The molecule has 0 unspecified atom stereocenters. The van der Waals surface area contributed by atoms with E-state index in [-0.39, 0.29) is 26.1 Å². The molecule has 0 radical (unpaired) electrons. The molecule has 8 nitrogen and oxygen atoms in total. The zero-order valence-corrected chi connectivity index (χ0v) is 16.8. The van der Waals surface area contributed by atoms with Gasteiger partial charge < -0.3 is 15.1 Å². The van der Waals surface area contributed by atoms with Crippen LogP contribution in [0.5, 0.6) is 0 Å². The van der Waals surface area contributed by atoms with Crippen LogP contribution in [0.15, 0.2) is 36.7 Å². The molecule has 32 heavy (non-hydrogen) atoms. The molecule has 2 aliphatic rings. The minimum absolute atomic E-state index is 0.0499. The second-order valence-electron chi connectivity index (χ2n) is 7.94. The average molecular weight is 444 g/mol. The zero-order chi connectivity index (χ0) is 22.5. The van der Waals surface area contributed by atoms with Crippen LogP contribution < -0.4 is 5.32 Å². The minimum atomic E-state index is -4.47. The van der Waals surface area contributed by atoms with Crippen LogP contribution >= 0.6 is 0 Å². The summed E-state index contributed by atoms with van der Waals surface area (Å²) in [6, 6.07) is 5.34. The molecule has 2 amide bonds. The Labute approximate surface area is 180 Å². The number of pyridine rings is 1. The van der Waals surface area contributed by atoms with Gasteiger partial charge >= 0.3 is 6.18 Å². The van der Waals surface area contributed by atoms with Gasteiger partial charge in [-0.3, -0.25) is 14.7 Å². The first-order valence-electron chi connectivity index (χ1n) is 10.1. The average Bonchev–Trinajstić information content (AvgIpc) is 3.47. The number of amides is 2. The van der Waals surface area contributed by atoms with E-state index in [1.807, 2.05) is 6.07 Å². The van der Waals surface area contributed by atoms with E-state index in [0.29, 0.717) is 34.6 Å². The molecule has 2 aliphatic heterocycles. The number of aromatic amines is 1. The van der Waals surface area contributed by atoms with Gasteiger partial charge in [-0.25, -0.2) is 4.98 Å². The molecule has 11 heteroatoms. The molecule has 0 bridgehead atoms. The van der Waals surface area contributed by atoms with Crippen molar-refractivity contribution in [3.63, 3.8) is 0 Å². The van der Waals surface area contributed by atoms with Gasteiger partial charge in [-0.2, -0.15) is 18.3 Å². The summed E-state index contributed by atoms with van der Waals surface area (Å²) in [4.78, 5) is 32.1. The molecule has 2 aromatic heterocycles. The summed E-state index contributed by atoms with van der Waals surface area (Å²) >= 11 is 0. The molecule has 5 rings (SSSR count). The Morgan fingerprint density at radius 1 is 1.28 bits per heavy atom. The fraction of sp³-hybridized carbons (Fsp3) is 0.333. The number of likely N-dealkylation sites (tertiary alicyclic amines) is 1. The highest BCUT2D eigenvalue weighted by atomic mass is 19.4. The van der Waals surface area contributed by atoms with Crippen LogP contribution in [-0.4, -0.2) is 62.1 Å². The van der Waals surface area contributed by atoms with Crippen molar-refractivity contribution in [2.45, 2.75) is 31.6 Å². The Morgan fingerprint density at radius 3 is 2.94 bits per heavy atom. The summed E-state index contributed by atoms with van der Waals surface area (Å²) in [5.74, 6) is -1.08. The lowest BCUT2D eigenvalue weighted by Gasteiger charge is -2.28. The SMILES string of the molecule is O=C1c2c(cccc2Nc2cnc3[nH]ncc3c2)CN1CC(=O)N1CCC[C@H]1C(F)(F)F. The monoisotopic (exact) mass is 444 g/mol. The summed E-state index contributed by atoms with van der Waals surface area (Å²) in [7, 11) is 0. The fourth-order valence-electron chi connectivity index (χ4n) is 4.37. The Kier molecular flexibility index (Phi) is 4.75. The van der Waals surface area contributed by atoms with Crippen LogP contribution in [0.1, 0.15) is 28.8 Å². The van der Waals surface area contributed by atoms with Gasteiger partial charge in [-0.15, -0.1) is 0 Å². The third-order valence-corrected chi connectivity index (χ3v) is 5.86. The normalized spacial score (nSPS) is 18.5. The maximum absolute atomic E-state index is 13.2. The molecular formula is C21H19F3N6O2. The predicted octanol–water partition coefficient (Wildman–Crippen LogP) is 3.21. The van der Waals surface area contributed by atoms with Crippen LogP contribution in [0.25, 0.3) is 11.0 Å². The summed E-state index contributed by atoms with van der Waals surface area (Å²) in [5, 5.41) is 10.7. The number of halogens is 3. The number of fused-ring (bicyclic) bond motifs is 2. The van der Waals surface area contributed by atoms with Gasteiger partial charge in [-0.1, -0.05) is 12.1 Å². The highest BCUT2D eigenvalue weighted by Gasteiger charge is 2.48. The molecule has 2 N–H and O–H groups in total. The lowest BCUT2D eigenvalue weighted by molar-refractivity contribution is -0.182. The number of hydrogen-bond acceptors (Lipinski definition) is 5. The van der Waals surface area contributed by atoms with Crippen molar-refractivity contribution in [1.29, 1.82) is 0 Å². The van der Waals surface area contributed by atoms with Crippen LogP contribution in [0, 0.1) is 0 Å². The molecule has 0 spiro atoms. The first-order valence-corrected chi connectivity index (χ1v) is 10.1. The second kappa shape index (κ2) is 7.50. The van der Waals surface area contributed by atoms with E-state index in [1.54, 1.807) is 30.6 Å². The van der Waals surface area contributed by atoms with Gasteiger partial charge in [0.1, 0.15) is 12.6 Å². The predicted molar refractivity (Wildman–Crippen MR) is 109 cm³/mol. The number of nitrogens with zero attached hydrogens (tertiary/aromatic N) is 4. The summed E-state index contributed by atoms with van der Waals surface area (Å²) in [6.45, 7) is -0.171. The lowest BCUT2D eigenvalue weighted by Crippen LogP contribution is -2.48. The topological polar surface area (TPSA) is 94.2 Å². The smallest absolute Gasteiger partial charge is 0.354 e. The molecule has 0 saturated carbocycles. The number of aromatic nitrogens is 3. The maximum Gasteiger partial charge on any atom is 0.408 e. The fourth-order valence-corrected chi connectivity index (χ4v) is 4.37. The third-order valence-electron chi connectivity index (χ3n) is 5.86. The van der Waals surface area contributed by atoms with E-state index in [4.69, 9.17) is 0 Å². The van der Waals surface area contributed by atoms with Crippen molar-refractivity contribution in [2.24, 2.45) is 0 Å². The molecule has 1 aromatic carbocycles. The first-order chi connectivity index (χ1) is 15.3. The van der Waals surface area contributed by atoms with Gasteiger partial charge in [0.15, 0.2) is 5.65 Å². The lowest BCUT2D eigenvalue weighted by atomic mass is 10.1. The van der Waals surface area contributed by atoms with E-state index >= 15 is 0 Å². The molecule has 166 valence electrons. The molecule has 0 aliphatic carbocycles. The largest absolute Gasteiger partial charge is 0.408 e. The number of hydrogen-bond donors (Lipinski definition) is 2. The summed E-state index contributed by atoms with van der Waals surface area (Å²) in [6.07, 6.45) is -1.04. The number of benzene rings is 1. The molecule has 1 saturated heterocycles. The first kappa shape index (κ1) is 20.3. The number of carbonyl (C=O) groups is 2. The Balaban J connectivity index is 1.34. The molecule has 3 aromatic rings. The molecule has 1 atom stereocenters. The molecular weight excluding hydrogens is 425 g/mol. The van der Waals surface area contributed by atoms with Crippen molar-refractivity contribution in [3.05, 3.63) is 47.8 Å². The van der Waals surface area contributed by atoms with E-state index in [9.17, 15) is 22.8 Å².